The van der Waals surface area contributed by atoms with Crippen LogP contribution in [0, 0.1) is 0 Å². The lowest BCUT2D eigenvalue weighted by Gasteiger charge is -2.27. The molecule has 0 aliphatic carbocycles. The highest BCUT2D eigenvalue weighted by atomic mass is 79.9. The lowest BCUT2D eigenvalue weighted by molar-refractivity contribution is 0.134. The Kier molecular flexibility index (Phi) is 5.43. The van der Waals surface area contributed by atoms with Gasteiger partial charge in [0.2, 0.25) is 0 Å². The van der Waals surface area contributed by atoms with Crippen LogP contribution in [0.15, 0.2) is 11.1 Å². The van der Waals surface area contributed by atoms with E-state index in [1.807, 2.05) is 0 Å². The number of sulfone groups is 1. The van der Waals surface area contributed by atoms with Gasteiger partial charge >= 0.3 is 0 Å². The van der Waals surface area contributed by atoms with Crippen molar-refractivity contribution in [2.45, 2.75) is 12.5 Å². The van der Waals surface area contributed by atoms with E-state index in [1.165, 1.54) is 0 Å². The minimum absolute atomic E-state index is 0.106. The molecular weight excluding hydrogens is 294 g/mol. The average molecular weight is 312 g/mol. The summed E-state index contributed by atoms with van der Waals surface area (Å²) in [5.74, 6) is 0.562. The molecule has 94 valence electrons. The predicted octanol–water partition coefficient (Wildman–Crippen LogP) is 1.03. The molecule has 6 heteroatoms. The Morgan fingerprint density at radius 2 is 2.31 bits per heavy atom. The second-order valence-electron chi connectivity index (χ2n) is 4.04. The van der Waals surface area contributed by atoms with Crippen molar-refractivity contribution in [2.24, 2.45) is 0 Å². The number of rotatable bonds is 6. The minimum Gasteiger partial charge on any atom is -0.383 e. The largest absolute Gasteiger partial charge is 0.383 e. The molecule has 0 aromatic carbocycles. The summed E-state index contributed by atoms with van der Waals surface area (Å²) in [4.78, 5) is 2.12. The fourth-order valence-corrected chi connectivity index (χ4v) is 3.97. The number of nitrogens with zero attached hydrogens (tertiary/aromatic N) is 1. The van der Waals surface area contributed by atoms with Crippen molar-refractivity contribution in [3.05, 3.63) is 11.1 Å². The van der Waals surface area contributed by atoms with Gasteiger partial charge in [-0.05, 0) is 6.42 Å². The molecule has 16 heavy (non-hydrogen) atoms. The van der Waals surface area contributed by atoms with Crippen LogP contribution in [-0.2, 0) is 14.6 Å². The van der Waals surface area contributed by atoms with Crippen LogP contribution in [0.1, 0.15) is 6.42 Å². The number of hydrogen-bond acceptors (Lipinski definition) is 4. The van der Waals surface area contributed by atoms with Crippen LogP contribution >= 0.6 is 15.9 Å². The Bertz CT molecular complexity index is 342. The van der Waals surface area contributed by atoms with Crippen molar-refractivity contribution in [3.8, 4) is 0 Å². The first-order valence-electron chi connectivity index (χ1n) is 5.21. The second kappa shape index (κ2) is 6.14. The zero-order chi connectivity index (χ0) is 12.2. The first-order valence-corrected chi connectivity index (χ1v) is 7.83. The van der Waals surface area contributed by atoms with Crippen LogP contribution in [0.5, 0.6) is 0 Å². The molecule has 0 saturated carbocycles. The van der Waals surface area contributed by atoms with Gasteiger partial charge in [-0.15, -0.1) is 0 Å². The first-order chi connectivity index (χ1) is 7.44. The molecule has 0 aromatic rings. The van der Waals surface area contributed by atoms with Gasteiger partial charge in [-0.25, -0.2) is 8.42 Å². The van der Waals surface area contributed by atoms with Crippen molar-refractivity contribution < 1.29 is 13.2 Å². The lowest BCUT2D eigenvalue weighted by Crippen LogP contribution is -2.39. The Balaban J connectivity index is 2.58. The molecule has 1 aliphatic heterocycles. The predicted molar refractivity (Wildman–Crippen MR) is 68.6 cm³/mol. The zero-order valence-corrected chi connectivity index (χ0v) is 11.9. The smallest absolute Gasteiger partial charge is 0.151 e. The van der Waals surface area contributed by atoms with Crippen LogP contribution in [-0.4, -0.2) is 57.7 Å². The highest BCUT2D eigenvalue weighted by Gasteiger charge is 2.31. The SMILES string of the molecule is C=C(Br)CN(CCOC)C1CCS(=O)(=O)C1. The molecule has 1 fully saturated rings. The fraction of sp³-hybridized carbons (Fsp3) is 0.800. The van der Waals surface area contributed by atoms with E-state index in [-0.39, 0.29) is 11.8 Å². The number of methoxy groups -OCH3 is 1. The third-order valence-electron chi connectivity index (χ3n) is 2.68. The summed E-state index contributed by atoms with van der Waals surface area (Å²) in [6.45, 7) is 5.81. The second-order valence-corrected chi connectivity index (χ2v) is 7.39. The van der Waals surface area contributed by atoms with Crippen LogP contribution in [0.25, 0.3) is 0 Å². The third-order valence-corrected chi connectivity index (χ3v) is 4.68. The lowest BCUT2D eigenvalue weighted by atomic mass is 10.2. The molecule has 1 atom stereocenters. The van der Waals surface area contributed by atoms with E-state index in [0.29, 0.717) is 25.3 Å². The van der Waals surface area contributed by atoms with Crippen LogP contribution in [0.4, 0.5) is 0 Å². The fourth-order valence-electron chi connectivity index (χ4n) is 1.88. The van der Waals surface area contributed by atoms with E-state index < -0.39 is 9.84 Å². The van der Waals surface area contributed by atoms with Gasteiger partial charge in [-0.1, -0.05) is 22.5 Å². The van der Waals surface area contributed by atoms with Gasteiger partial charge < -0.3 is 4.74 Å². The van der Waals surface area contributed by atoms with Gasteiger partial charge in [0.1, 0.15) is 0 Å². The van der Waals surface area contributed by atoms with Gasteiger partial charge in [0, 0.05) is 30.7 Å². The molecule has 0 aromatic heterocycles. The number of halogens is 1. The van der Waals surface area contributed by atoms with E-state index in [2.05, 4.69) is 27.4 Å². The molecule has 0 amide bonds. The monoisotopic (exact) mass is 311 g/mol. The number of ether oxygens (including phenoxy) is 1. The molecular formula is C10H18BrNO3S. The van der Waals surface area contributed by atoms with Crippen molar-refractivity contribution in [1.82, 2.24) is 4.90 Å². The van der Waals surface area contributed by atoms with Crippen molar-refractivity contribution in [2.75, 3.05) is 38.3 Å². The van der Waals surface area contributed by atoms with Gasteiger partial charge in [0.25, 0.3) is 0 Å². The summed E-state index contributed by atoms with van der Waals surface area (Å²) in [6.07, 6.45) is 0.715. The van der Waals surface area contributed by atoms with Gasteiger partial charge in [-0.3, -0.25) is 4.90 Å². The van der Waals surface area contributed by atoms with Gasteiger partial charge in [-0.2, -0.15) is 0 Å². The van der Waals surface area contributed by atoms with E-state index in [0.717, 1.165) is 11.0 Å². The van der Waals surface area contributed by atoms with Crippen molar-refractivity contribution in [3.63, 3.8) is 0 Å². The molecule has 1 unspecified atom stereocenters. The molecule has 1 aliphatic rings. The highest BCUT2D eigenvalue weighted by Crippen LogP contribution is 2.19. The molecule has 0 bridgehead atoms. The van der Waals surface area contributed by atoms with Crippen LogP contribution in [0.2, 0.25) is 0 Å². The quantitative estimate of drug-likeness (QED) is 0.735. The molecule has 1 saturated heterocycles. The van der Waals surface area contributed by atoms with E-state index in [9.17, 15) is 8.42 Å². The Labute approximate surface area is 106 Å². The maximum Gasteiger partial charge on any atom is 0.151 e. The van der Waals surface area contributed by atoms with Crippen LogP contribution in [0.3, 0.4) is 0 Å². The topological polar surface area (TPSA) is 46.6 Å². The van der Waals surface area contributed by atoms with Crippen molar-refractivity contribution in [1.29, 1.82) is 0 Å². The van der Waals surface area contributed by atoms with E-state index in [4.69, 9.17) is 4.74 Å². The summed E-state index contributed by atoms with van der Waals surface area (Å²) in [7, 11) is -1.18. The number of hydrogen-bond donors (Lipinski definition) is 0. The highest BCUT2D eigenvalue weighted by molar-refractivity contribution is 9.11. The summed E-state index contributed by atoms with van der Waals surface area (Å²) in [5, 5.41) is 0. The summed E-state index contributed by atoms with van der Waals surface area (Å²) >= 11 is 3.32. The molecule has 0 radical (unpaired) electrons. The first kappa shape index (κ1) is 14.2. The minimum atomic E-state index is -2.83. The summed E-state index contributed by atoms with van der Waals surface area (Å²) in [6, 6.07) is 0.106. The maximum absolute atomic E-state index is 11.4. The Morgan fingerprint density at radius 3 is 2.75 bits per heavy atom. The van der Waals surface area contributed by atoms with Gasteiger partial charge in [0.05, 0.1) is 18.1 Å². The normalized spacial score (nSPS) is 23.8. The maximum atomic E-state index is 11.4. The molecule has 4 nitrogen and oxygen atoms in total. The van der Waals surface area contributed by atoms with Crippen molar-refractivity contribution >= 4 is 25.8 Å². The summed E-state index contributed by atoms with van der Waals surface area (Å²) in [5.41, 5.74) is 0. The summed E-state index contributed by atoms with van der Waals surface area (Å²) < 4.78 is 28.7. The average Bonchev–Trinajstić information content (AvgIpc) is 2.52. The standard InChI is InChI=1S/C10H18BrNO3S/c1-9(11)7-12(4-5-15-2)10-3-6-16(13,14)8-10/h10H,1,3-8H2,2H3. The zero-order valence-electron chi connectivity index (χ0n) is 9.49. The molecule has 1 heterocycles. The Morgan fingerprint density at radius 1 is 1.62 bits per heavy atom. The Hall–Kier alpha value is 0.0900. The van der Waals surface area contributed by atoms with Crippen LogP contribution < -0.4 is 0 Å². The van der Waals surface area contributed by atoms with Gasteiger partial charge in [0.15, 0.2) is 9.84 Å². The van der Waals surface area contributed by atoms with E-state index in [1.54, 1.807) is 7.11 Å². The molecule has 1 rings (SSSR count). The third kappa shape index (κ3) is 4.53. The molecule has 0 N–H and O–H groups in total. The molecule has 0 spiro atoms. The van der Waals surface area contributed by atoms with E-state index >= 15 is 0 Å².